The van der Waals surface area contributed by atoms with Gasteiger partial charge in [0.1, 0.15) is 24.6 Å². The number of aromatic nitrogens is 2. The van der Waals surface area contributed by atoms with Crippen molar-refractivity contribution >= 4 is 22.6 Å². The summed E-state index contributed by atoms with van der Waals surface area (Å²) in [6, 6.07) is 13.1. The Balaban J connectivity index is 1.17. The van der Waals surface area contributed by atoms with E-state index in [0.29, 0.717) is 45.2 Å². The van der Waals surface area contributed by atoms with E-state index in [1.165, 1.54) is 29.2 Å². The first kappa shape index (κ1) is 27.5. The third-order valence-corrected chi connectivity index (χ3v) is 10.7. The average Bonchev–Trinajstić information content (AvgIpc) is 3.38. The van der Waals surface area contributed by atoms with Crippen LogP contribution < -0.4 is 9.64 Å². The zero-order valence-corrected chi connectivity index (χ0v) is 24.9. The van der Waals surface area contributed by atoms with Gasteiger partial charge in [0, 0.05) is 38.0 Å². The van der Waals surface area contributed by atoms with E-state index in [4.69, 9.17) is 21.3 Å². The fourth-order valence-corrected chi connectivity index (χ4v) is 8.50. The molecule has 2 aromatic carbocycles. The number of hydrogen-bond donors (Lipinski definition) is 0. The third kappa shape index (κ3) is 4.54. The van der Waals surface area contributed by atoms with E-state index in [9.17, 15) is 9.18 Å². The molecule has 0 spiro atoms. The molecule has 8 rings (SSSR count). The van der Waals surface area contributed by atoms with Gasteiger partial charge in [0.05, 0.1) is 11.1 Å². The normalized spacial score (nSPS) is 28.8. The molecule has 0 bridgehead atoms. The van der Waals surface area contributed by atoms with Crippen LogP contribution in [0.1, 0.15) is 42.7 Å². The first-order valence-electron chi connectivity index (χ1n) is 15.9. The van der Waals surface area contributed by atoms with Crippen molar-refractivity contribution in [3.05, 3.63) is 71.6 Å². The monoisotopic (exact) mass is 592 g/mol. The summed E-state index contributed by atoms with van der Waals surface area (Å²) in [6.45, 7) is 14.6. The number of ether oxygens (including phenoxy) is 1. The zero-order chi connectivity index (χ0) is 30.0. The van der Waals surface area contributed by atoms with Crippen molar-refractivity contribution in [2.45, 2.75) is 55.8 Å². The van der Waals surface area contributed by atoms with Crippen molar-refractivity contribution in [1.29, 1.82) is 0 Å². The molecule has 5 aliphatic rings. The molecule has 4 fully saturated rings. The number of halogens is 1. The minimum Gasteiger partial charge on any atom is -0.461 e. The van der Waals surface area contributed by atoms with Crippen molar-refractivity contribution in [2.24, 2.45) is 5.92 Å². The van der Waals surface area contributed by atoms with Crippen LogP contribution >= 0.6 is 0 Å². The molecule has 0 N–H and O–H groups in total. The Morgan fingerprint density at radius 2 is 2.11 bits per heavy atom. The topological polar surface area (TPSA) is 66.2 Å². The van der Waals surface area contributed by atoms with Crippen LogP contribution in [0.3, 0.4) is 0 Å². The molecule has 1 amide bonds. The second-order valence-corrected chi connectivity index (χ2v) is 13.3. The second kappa shape index (κ2) is 10.6. The lowest BCUT2D eigenvalue weighted by atomic mass is 9.94. The molecular weight excluding hydrogens is 555 g/mol. The van der Waals surface area contributed by atoms with Crippen LogP contribution in [0.4, 0.5) is 10.2 Å². The molecule has 3 aromatic rings. The lowest BCUT2D eigenvalue weighted by molar-refractivity contribution is -0.128. The van der Waals surface area contributed by atoms with Gasteiger partial charge < -0.3 is 19.4 Å². The molecule has 4 heterocycles. The minimum atomic E-state index is -0.831. The Morgan fingerprint density at radius 1 is 1.20 bits per heavy atom. The number of amides is 1. The molecule has 1 saturated carbocycles. The van der Waals surface area contributed by atoms with Gasteiger partial charge in [0.2, 0.25) is 12.5 Å². The summed E-state index contributed by atoms with van der Waals surface area (Å²) in [7, 11) is 0. The molecule has 3 saturated heterocycles. The van der Waals surface area contributed by atoms with Crippen molar-refractivity contribution in [1.82, 2.24) is 19.8 Å². The predicted molar refractivity (Wildman–Crippen MR) is 167 cm³/mol. The van der Waals surface area contributed by atoms with Crippen LogP contribution in [0.2, 0.25) is 0 Å². The Labute approximate surface area is 257 Å². The van der Waals surface area contributed by atoms with E-state index < -0.39 is 6.17 Å². The molecule has 0 radical (unpaired) electrons. The van der Waals surface area contributed by atoms with E-state index >= 15 is 0 Å². The number of nitrogens with zero attached hydrogens (tertiary/aromatic N) is 6. The van der Waals surface area contributed by atoms with Gasteiger partial charge in [-0.25, -0.2) is 11.0 Å². The number of alkyl halides is 1. The molecule has 2 unspecified atom stereocenters. The maximum atomic E-state index is 14.5. The van der Waals surface area contributed by atoms with E-state index in [-0.39, 0.29) is 24.0 Å². The lowest BCUT2D eigenvalue weighted by Crippen LogP contribution is -2.56. The molecule has 226 valence electrons. The Kier molecular flexibility index (Phi) is 6.60. The van der Waals surface area contributed by atoms with Gasteiger partial charge >= 0.3 is 6.01 Å². The zero-order valence-electron chi connectivity index (χ0n) is 24.9. The van der Waals surface area contributed by atoms with E-state index in [1.54, 1.807) is 4.90 Å². The van der Waals surface area contributed by atoms with Gasteiger partial charge in [-0.05, 0) is 84.5 Å². The number of hydrogen-bond acceptors (Lipinski definition) is 6. The molecule has 9 heteroatoms. The van der Waals surface area contributed by atoms with Crippen LogP contribution in [-0.2, 0) is 11.2 Å². The molecule has 8 nitrogen and oxygen atoms in total. The maximum Gasteiger partial charge on any atom is 0.319 e. The molecule has 1 aromatic heterocycles. The van der Waals surface area contributed by atoms with Crippen molar-refractivity contribution < 1.29 is 13.9 Å². The van der Waals surface area contributed by atoms with Crippen LogP contribution in [0.15, 0.2) is 49.1 Å². The summed E-state index contributed by atoms with van der Waals surface area (Å²) in [6.07, 6.45) is 5.38. The first-order chi connectivity index (χ1) is 21.5. The lowest BCUT2D eigenvalue weighted by Gasteiger charge is -2.39. The number of rotatable bonds is 7. The Morgan fingerprint density at radius 3 is 2.98 bits per heavy atom. The highest BCUT2D eigenvalue weighted by Gasteiger charge is 2.49. The largest absolute Gasteiger partial charge is 0.461 e. The molecule has 44 heavy (non-hydrogen) atoms. The maximum absolute atomic E-state index is 14.5. The molecular formula is C35H37FN6O2. The van der Waals surface area contributed by atoms with E-state index in [1.807, 2.05) is 0 Å². The number of fused-ring (bicyclic) bond motifs is 5. The Hall–Kier alpha value is -4.03. The van der Waals surface area contributed by atoms with Gasteiger partial charge in [-0.2, -0.15) is 9.97 Å². The summed E-state index contributed by atoms with van der Waals surface area (Å²) in [5.74, 6) is 2.11. The van der Waals surface area contributed by atoms with Crippen molar-refractivity contribution in [3.8, 4) is 17.1 Å². The quantitative estimate of drug-likeness (QED) is 0.283. The molecule has 2 aliphatic carbocycles. The highest BCUT2D eigenvalue weighted by molar-refractivity contribution is 5.94. The fraction of sp³-hybridized carbons (Fsp3) is 0.486. The standard InChI is InChI=1S/C35H37FN6O2/c1-3-32(43)42-13-12-40(20-25(42)18-37-2)33-28-9-8-22(26-6-4-7-27-29-14-23(29)15-30(26)27)16-31(28)38-34(39-33)44-21-35-10-5-11-41(35)19-24(36)17-35/h3-4,6-9,16,23-25,29H,1,5,10-15,17-21H2/t23?,24-,25+,29?,35+/m1/s1. The van der Waals surface area contributed by atoms with Gasteiger partial charge in [-0.15, -0.1) is 0 Å². The van der Waals surface area contributed by atoms with Crippen molar-refractivity contribution in [2.75, 3.05) is 50.8 Å². The van der Waals surface area contributed by atoms with Gasteiger partial charge in [0.25, 0.3) is 0 Å². The average molecular weight is 593 g/mol. The minimum absolute atomic E-state index is 0.157. The summed E-state index contributed by atoms with van der Waals surface area (Å²) in [4.78, 5) is 32.2. The number of anilines is 1. The van der Waals surface area contributed by atoms with Gasteiger partial charge in [0.15, 0.2) is 0 Å². The number of carbonyl (C=O) groups is 1. The Bertz CT molecular complexity index is 1700. The van der Waals surface area contributed by atoms with Crippen molar-refractivity contribution in [3.63, 3.8) is 0 Å². The highest BCUT2D eigenvalue weighted by atomic mass is 19.1. The van der Waals surface area contributed by atoms with Gasteiger partial charge in [-0.1, -0.05) is 30.8 Å². The number of carbonyl (C=O) groups excluding carboxylic acids is 1. The SMILES string of the molecule is [C-]#[N+]C[C@H]1CN(c2nc(OC[C@@]34CCCN3C[C@H](F)C4)nc3cc(-c4cccc5c4CC4CC54)ccc23)CCN1C(=O)C=C. The summed E-state index contributed by atoms with van der Waals surface area (Å²) in [5, 5.41) is 0.909. The smallest absolute Gasteiger partial charge is 0.319 e. The van der Waals surface area contributed by atoms with Crippen LogP contribution in [0.5, 0.6) is 6.01 Å². The fourth-order valence-electron chi connectivity index (χ4n) is 8.50. The van der Waals surface area contributed by atoms with Crippen LogP contribution in [0, 0.1) is 12.5 Å². The molecule has 3 aliphatic heterocycles. The van der Waals surface area contributed by atoms with Gasteiger partial charge in [-0.3, -0.25) is 9.69 Å². The summed E-state index contributed by atoms with van der Waals surface area (Å²) in [5.41, 5.74) is 5.86. The third-order valence-electron chi connectivity index (χ3n) is 10.7. The van der Waals surface area contributed by atoms with E-state index in [2.05, 4.69) is 57.6 Å². The summed E-state index contributed by atoms with van der Waals surface area (Å²) < 4.78 is 20.9. The summed E-state index contributed by atoms with van der Waals surface area (Å²) >= 11 is 0. The molecule has 5 atom stereocenters. The van der Waals surface area contributed by atoms with Crippen LogP contribution in [-0.4, -0.2) is 89.3 Å². The predicted octanol–water partition coefficient (Wildman–Crippen LogP) is 5.03. The first-order valence-corrected chi connectivity index (χ1v) is 15.9. The number of piperazine rings is 1. The van der Waals surface area contributed by atoms with Crippen LogP contribution in [0.25, 0.3) is 26.9 Å². The van der Waals surface area contributed by atoms with E-state index in [0.717, 1.165) is 59.9 Å². The number of benzene rings is 2. The highest BCUT2D eigenvalue weighted by Crippen LogP contribution is 2.57. The second-order valence-electron chi connectivity index (χ2n) is 13.3.